The van der Waals surface area contributed by atoms with Gasteiger partial charge in [0.1, 0.15) is 9.61 Å². The molecule has 0 aromatic carbocycles. The molecule has 3 heteroatoms. The van der Waals surface area contributed by atoms with Gasteiger partial charge in [-0.05, 0) is 29.8 Å². The second-order valence-corrected chi connectivity index (χ2v) is 4.35. The molecule has 0 radical (unpaired) electrons. The minimum atomic E-state index is 0.924. The van der Waals surface area contributed by atoms with Crippen molar-refractivity contribution in [3.05, 3.63) is 33.2 Å². The van der Waals surface area contributed by atoms with Gasteiger partial charge in [-0.15, -0.1) is 11.3 Å². The lowest BCUT2D eigenvalue weighted by Crippen LogP contribution is -1.74. The van der Waals surface area contributed by atoms with Crippen molar-refractivity contribution in [1.29, 1.82) is 0 Å². The first-order valence-electron chi connectivity index (χ1n) is 3.60. The number of allylic oxidation sites excluding steroid dienone is 3. The normalized spacial score (nSPS) is 10.9. The van der Waals surface area contributed by atoms with Gasteiger partial charge in [0.25, 0.3) is 0 Å². The molecule has 0 N–H and O–H groups in total. The maximum atomic E-state index is 4.31. The van der Waals surface area contributed by atoms with Crippen LogP contribution in [0.2, 0.25) is 0 Å². The molecule has 0 spiro atoms. The van der Waals surface area contributed by atoms with Crippen LogP contribution in [0.15, 0.2) is 23.3 Å². The largest absolute Gasteiger partial charge is 0.229 e. The molecule has 0 saturated heterocycles. The third kappa shape index (κ3) is 2.05. The van der Waals surface area contributed by atoms with Crippen molar-refractivity contribution >= 4 is 32.8 Å². The summed E-state index contributed by atoms with van der Waals surface area (Å²) >= 11 is 5.02. The van der Waals surface area contributed by atoms with Crippen LogP contribution in [0.4, 0.5) is 0 Å². The highest BCUT2D eigenvalue weighted by molar-refractivity contribution is 9.10. The number of thiazole rings is 1. The topological polar surface area (TPSA) is 12.9 Å². The van der Waals surface area contributed by atoms with Gasteiger partial charge in [-0.1, -0.05) is 18.7 Å². The monoisotopic (exact) mass is 243 g/mol. The highest BCUT2D eigenvalue weighted by Gasteiger charge is 2.05. The second-order valence-electron chi connectivity index (χ2n) is 2.39. The molecule has 1 rings (SSSR count). The molecule has 0 unspecified atom stereocenters. The number of nitrogens with zero attached hydrogens (tertiary/aromatic N) is 1. The SMILES string of the molecule is C=C(/C=C\C)c1nc(Br)c(C)s1. The third-order valence-electron chi connectivity index (χ3n) is 1.38. The summed E-state index contributed by atoms with van der Waals surface area (Å²) in [5.74, 6) is 0. The Morgan fingerprint density at radius 3 is 2.75 bits per heavy atom. The zero-order valence-corrected chi connectivity index (χ0v) is 9.50. The lowest BCUT2D eigenvalue weighted by molar-refractivity contribution is 1.30. The van der Waals surface area contributed by atoms with Crippen LogP contribution in [0.5, 0.6) is 0 Å². The van der Waals surface area contributed by atoms with Crippen LogP contribution in [0.3, 0.4) is 0 Å². The first-order chi connectivity index (χ1) is 5.65. The molecule has 0 aliphatic carbocycles. The Balaban J connectivity index is 2.96. The fraction of sp³-hybridized carbons (Fsp3) is 0.222. The second kappa shape index (κ2) is 4.01. The number of aromatic nitrogens is 1. The number of rotatable bonds is 2. The summed E-state index contributed by atoms with van der Waals surface area (Å²) in [6.45, 7) is 7.92. The van der Waals surface area contributed by atoms with Gasteiger partial charge in [0.2, 0.25) is 0 Å². The first-order valence-corrected chi connectivity index (χ1v) is 5.21. The molecule has 12 heavy (non-hydrogen) atoms. The fourth-order valence-electron chi connectivity index (χ4n) is 0.788. The lowest BCUT2D eigenvalue weighted by Gasteiger charge is -1.89. The van der Waals surface area contributed by atoms with E-state index in [4.69, 9.17) is 0 Å². The summed E-state index contributed by atoms with van der Waals surface area (Å²) in [4.78, 5) is 5.50. The molecule has 0 aliphatic rings. The van der Waals surface area contributed by atoms with Crippen molar-refractivity contribution in [2.45, 2.75) is 13.8 Å². The number of hydrogen-bond donors (Lipinski definition) is 0. The van der Waals surface area contributed by atoms with Crippen molar-refractivity contribution < 1.29 is 0 Å². The Kier molecular flexibility index (Phi) is 3.23. The van der Waals surface area contributed by atoms with E-state index in [2.05, 4.69) is 27.5 Å². The van der Waals surface area contributed by atoms with E-state index in [0.717, 1.165) is 15.2 Å². The summed E-state index contributed by atoms with van der Waals surface area (Å²) in [7, 11) is 0. The highest BCUT2D eigenvalue weighted by Crippen LogP contribution is 2.26. The van der Waals surface area contributed by atoms with E-state index in [1.54, 1.807) is 11.3 Å². The van der Waals surface area contributed by atoms with E-state index in [-0.39, 0.29) is 0 Å². The van der Waals surface area contributed by atoms with Crippen molar-refractivity contribution in [1.82, 2.24) is 4.98 Å². The molecule has 64 valence electrons. The van der Waals surface area contributed by atoms with Crippen LogP contribution in [-0.2, 0) is 0 Å². The summed E-state index contributed by atoms with van der Waals surface area (Å²) in [5, 5.41) is 0.984. The zero-order chi connectivity index (χ0) is 9.14. The predicted octanol–water partition coefficient (Wildman–Crippen LogP) is 3.80. The summed E-state index contributed by atoms with van der Waals surface area (Å²) < 4.78 is 0.924. The molecule has 1 heterocycles. The van der Waals surface area contributed by atoms with Crippen LogP contribution < -0.4 is 0 Å². The molecule has 0 atom stereocenters. The van der Waals surface area contributed by atoms with Crippen LogP contribution >= 0.6 is 27.3 Å². The third-order valence-corrected chi connectivity index (χ3v) is 3.46. The van der Waals surface area contributed by atoms with Gasteiger partial charge in [0.05, 0.1) is 0 Å². The maximum Gasteiger partial charge on any atom is 0.124 e. The number of aryl methyl sites for hydroxylation is 1. The average Bonchev–Trinajstić information content (AvgIpc) is 2.33. The van der Waals surface area contributed by atoms with Crippen LogP contribution in [0, 0.1) is 6.92 Å². The Hall–Kier alpha value is -0.410. The minimum absolute atomic E-state index is 0.924. The summed E-state index contributed by atoms with van der Waals surface area (Å²) in [5.41, 5.74) is 0.969. The van der Waals surface area contributed by atoms with E-state index in [1.165, 1.54) is 4.88 Å². The van der Waals surface area contributed by atoms with E-state index < -0.39 is 0 Å². The molecule has 1 nitrogen and oxygen atoms in total. The molecule has 1 aromatic heterocycles. The molecular formula is C9H10BrNS. The van der Waals surface area contributed by atoms with E-state index in [0.29, 0.717) is 0 Å². The van der Waals surface area contributed by atoms with Gasteiger partial charge >= 0.3 is 0 Å². The molecule has 0 saturated carbocycles. The van der Waals surface area contributed by atoms with E-state index in [1.807, 2.05) is 26.0 Å². The van der Waals surface area contributed by atoms with Gasteiger partial charge in [-0.3, -0.25) is 0 Å². The van der Waals surface area contributed by atoms with Crippen LogP contribution in [-0.4, -0.2) is 4.98 Å². The van der Waals surface area contributed by atoms with Gasteiger partial charge < -0.3 is 0 Å². The van der Waals surface area contributed by atoms with Gasteiger partial charge in [-0.2, -0.15) is 0 Å². The maximum absolute atomic E-state index is 4.31. The first kappa shape index (κ1) is 9.68. The Morgan fingerprint density at radius 2 is 2.33 bits per heavy atom. The Morgan fingerprint density at radius 1 is 1.67 bits per heavy atom. The van der Waals surface area contributed by atoms with Crippen LogP contribution in [0.25, 0.3) is 5.57 Å². The quantitative estimate of drug-likeness (QED) is 0.721. The summed E-state index contributed by atoms with van der Waals surface area (Å²) in [6.07, 6.45) is 3.93. The smallest absolute Gasteiger partial charge is 0.124 e. The van der Waals surface area contributed by atoms with Gasteiger partial charge in [-0.25, -0.2) is 4.98 Å². The average molecular weight is 244 g/mol. The molecule has 0 amide bonds. The zero-order valence-electron chi connectivity index (χ0n) is 7.10. The number of hydrogen-bond acceptors (Lipinski definition) is 2. The minimum Gasteiger partial charge on any atom is -0.229 e. The standard InChI is InChI=1S/C9H10BrNS/c1-4-5-6(2)9-11-8(10)7(3)12-9/h4-5H,2H2,1,3H3/b5-4-. The Labute approximate surface area is 85.0 Å². The Bertz CT molecular complexity index is 306. The lowest BCUT2D eigenvalue weighted by atomic mass is 10.3. The molecule has 1 aromatic rings. The number of halogens is 1. The fourth-order valence-corrected chi connectivity index (χ4v) is 2.08. The van der Waals surface area contributed by atoms with Crippen LogP contribution in [0.1, 0.15) is 16.8 Å². The molecule has 0 bridgehead atoms. The van der Waals surface area contributed by atoms with E-state index in [9.17, 15) is 0 Å². The van der Waals surface area contributed by atoms with Gasteiger partial charge in [0, 0.05) is 10.5 Å². The molecule has 0 fully saturated rings. The van der Waals surface area contributed by atoms with Gasteiger partial charge in [0.15, 0.2) is 0 Å². The van der Waals surface area contributed by atoms with E-state index >= 15 is 0 Å². The van der Waals surface area contributed by atoms with Crippen molar-refractivity contribution in [2.24, 2.45) is 0 Å². The van der Waals surface area contributed by atoms with Crippen molar-refractivity contribution in [3.63, 3.8) is 0 Å². The predicted molar refractivity (Wildman–Crippen MR) is 58.4 cm³/mol. The summed E-state index contributed by atoms with van der Waals surface area (Å²) in [6, 6.07) is 0. The molecular weight excluding hydrogens is 234 g/mol. The highest BCUT2D eigenvalue weighted by atomic mass is 79.9. The molecule has 0 aliphatic heterocycles. The van der Waals surface area contributed by atoms with Crippen molar-refractivity contribution in [2.75, 3.05) is 0 Å². The van der Waals surface area contributed by atoms with Crippen molar-refractivity contribution in [3.8, 4) is 0 Å².